The molecule has 9 heteroatoms. The summed E-state index contributed by atoms with van der Waals surface area (Å²) in [7, 11) is 0. The number of rotatable bonds is 6. The van der Waals surface area contributed by atoms with Crippen molar-refractivity contribution in [3.05, 3.63) is 29.8 Å². The highest BCUT2D eigenvalue weighted by atomic mass is 19.4. The van der Waals surface area contributed by atoms with Crippen LogP contribution in [0.25, 0.3) is 0 Å². The van der Waals surface area contributed by atoms with Crippen molar-refractivity contribution in [1.29, 1.82) is 0 Å². The summed E-state index contributed by atoms with van der Waals surface area (Å²) in [5.41, 5.74) is -0.828. The quantitative estimate of drug-likeness (QED) is 0.700. The van der Waals surface area contributed by atoms with Crippen LogP contribution in [0.1, 0.15) is 5.56 Å². The van der Waals surface area contributed by atoms with Gasteiger partial charge in [0.15, 0.2) is 0 Å². The summed E-state index contributed by atoms with van der Waals surface area (Å²) in [6, 6.07) is 3.90. The minimum atomic E-state index is -4.46. The smallest absolute Gasteiger partial charge is 0.416 e. The molecule has 0 bridgehead atoms. The number of hydrogen-bond acceptors (Lipinski definition) is 5. The van der Waals surface area contributed by atoms with Gasteiger partial charge in [0.05, 0.1) is 18.8 Å². The SMILES string of the molecule is O=C(NCC(O)COc1cccc(C(F)(F)F)c1)C1COCCN1. The number of halogens is 3. The van der Waals surface area contributed by atoms with Gasteiger partial charge in [0.2, 0.25) is 5.91 Å². The maximum atomic E-state index is 12.6. The first-order chi connectivity index (χ1) is 11.4. The maximum Gasteiger partial charge on any atom is 0.416 e. The maximum absolute atomic E-state index is 12.6. The molecule has 1 aliphatic rings. The summed E-state index contributed by atoms with van der Waals surface area (Å²) >= 11 is 0. The Morgan fingerprint density at radius 3 is 2.96 bits per heavy atom. The van der Waals surface area contributed by atoms with E-state index in [2.05, 4.69) is 10.6 Å². The number of nitrogens with one attached hydrogen (secondary N) is 2. The van der Waals surface area contributed by atoms with Crippen molar-refractivity contribution in [2.24, 2.45) is 0 Å². The molecule has 1 amide bonds. The lowest BCUT2D eigenvalue weighted by Crippen LogP contribution is -2.52. The van der Waals surface area contributed by atoms with Gasteiger partial charge in [0.1, 0.15) is 24.5 Å². The lowest BCUT2D eigenvalue weighted by Gasteiger charge is -2.23. The number of aliphatic hydroxyl groups is 1. The zero-order valence-electron chi connectivity index (χ0n) is 12.8. The fraction of sp³-hybridized carbons (Fsp3) is 0.533. The fourth-order valence-corrected chi connectivity index (χ4v) is 2.09. The van der Waals surface area contributed by atoms with Gasteiger partial charge in [-0.2, -0.15) is 13.2 Å². The molecule has 1 fully saturated rings. The van der Waals surface area contributed by atoms with E-state index < -0.39 is 23.9 Å². The Balaban J connectivity index is 1.75. The number of carbonyl (C=O) groups excluding carboxylic acids is 1. The lowest BCUT2D eigenvalue weighted by atomic mass is 10.2. The molecule has 2 rings (SSSR count). The third-order valence-corrected chi connectivity index (χ3v) is 3.35. The number of ether oxygens (including phenoxy) is 2. The molecule has 3 N–H and O–H groups in total. The van der Waals surface area contributed by atoms with Gasteiger partial charge in [0, 0.05) is 13.1 Å². The van der Waals surface area contributed by atoms with Crippen LogP contribution in [0.15, 0.2) is 24.3 Å². The molecule has 6 nitrogen and oxygen atoms in total. The van der Waals surface area contributed by atoms with Crippen molar-refractivity contribution in [3.8, 4) is 5.75 Å². The molecule has 1 saturated heterocycles. The van der Waals surface area contributed by atoms with E-state index in [1.807, 2.05) is 0 Å². The predicted molar refractivity (Wildman–Crippen MR) is 78.6 cm³/mol. The molecule has 1 aromatic rings. The number of morpholine rings is 1. The van der Waals surface area contributed by atoms with E-state index in [-0.39, 0.29) is 31.4 Å². The molecule has 134 valence electrons. The number of amides is 1. The molecule has 24 heavy (non-hydrogen) atoms. The van der Waals surface area contributed by atoms with Crippen molar-refractivity contribution in [1.82, 2.24) is 10.6 Å². The minimum absolute atomic E-state index is 0.00227. The number of carbonyl (C=O) groups is 1. The van der Waals surface area contributed by atoms with E-state index in [1.54, 1.807) is 0 Å². The molecule has 0 aromatic heterocycles. The highest BCUT2D eigenvalue weighted by molar-refractivity contribution is 5.82. The average molecular weight is 348 g/mol. The molecule has 0 aliphatic carbocycles. The second-order valence-corrected chi connectivity index (χ2v) is 5.32. The van der Waals surface area contributed by atoms with Gasteiger partial charge >= 0.3 is 6.18 Å². The fourth-order valence-electron chi connectivity index (χ4n) is 2.09. The molecule has 0 saturated carbocycles. The normalized spacial score (nSPS) is 19.6. The summed E-state index contributed by atoms with van der Waals surface area (Å²) in [6.07, 6.45) is -5.51. The van der Waals surface area contributed by atoms with Crippen molar-refractivity contribution in [3.63, 3.8) is 0 Å². The van der Waals surface area contributed by atoms with Crippen molar-refractivity contribution < 1.29 is 32.5 Å². The Bertz CT molecular complexity index is 548. The van der Waals surface area contributed by atoms with E-state index in [9.17, 15) is 23.1 Å². The van der Waals surface area contributed by atoms with Crippen LogP contribution < -0.4 is 15.4 Å². The first-order valence-electron chi connectivity index (χ1n) is 7.43. The number of benzene rings is 1. The molecule has 2 atom stereocenters. The van der Waals surface area contributed by atoms with Gasteiger partial charge in [-0.1, -0.05) is 6.07 Å². The van der Waals surface area contributed by atoms with E-state index in [1.165, 1.54) is 12.1 Å². The summed E-state index contributed by atoms with van der Waals surface area (Å²) in [6.45, 7) is 1.05. The van der Waals surface area contributed by atoms with Crippen LogP contribution in [-0.2, 0) is 15.7 Å². The lowest BCUT2D eigenvalue weighted by molar-refractivity contribution is -0.137. The Morgan fingerprint density at radius 2 is 2.29 bits per heavy atom. The van der Waals surface area contributed by atoms with Gasteiger partial charge < -0.3 is 25.2 Å². The largest absolute Gasteiger partial charge is 0.491 e. The summed E-state index contributed by atoms with van der Waals surface area (Å²) in [4.78, 5) is 11.8. The summed E-state index contributed by atoms with van der Waals surface area (Å²) in [5, 5.41) is 15.3. The number of alkyl halides is 3. The van der Waals surface area contributed by atoms with Crippen LogP contribution in [0.4, 0.5) is 13.2 Å². The highest BCUT2D eigenvalue weighted by Crippen LogP contribution is 2.31. The summed E-state index contributed by atoms with van der Waals surface area (Å²) < 4.78 is 48.0. The van der Waals surface area contributed by atoms with Gasteiger partial charge in [-0.25, -0.2) is 0 Å². The van der Waals surface area contributed by atoms with Crippen LogP contribution in [0.5, 0.6) is 5.75 Å². The van der Waals surface area contributed by atoms with Gasteiger partial charge in [-0.3, -0.25) is 4.79 Å². The van der Waals surface area contributed by atoms with Crippen molar-refractivity contribution in [2.75, 3.05) is 32.9 Å². The molecular formula is C15H19F3N2O4. The van der Waals surface area contributed by atoms with Crippen LogP contribution >= 0.6 is 0 Å². The molecule has 1 aliphatic heterocycles. The molecule has 0 spiro atoms. The van der Waals surface area contributed by atoms with Crippen molar-refractivity contribution in [2.45, 2.75) is 18.3 Å². The van der Waals surface area contributed by atoms with Gasteiger partial charge in [-0.05, 0) is 18.2 Å². The molecule has 1 heterocycles. The highest BCUT2D eigenvalue weighted by Gasteiger charge is 2.30. The third-order valence-electron chi connectivity index (χ3n) is 3.35. The monoisotopic (exact) mass is 348 g/mol. The number of hydrogen-bond donors (Lipinski definition) is 3. The van der Waals surface area contributed by atoms with E-state index in [0.29, 0.717) is 13.2 Å². The zero-order valence-corrected chi connectivity index (χ0v) is 12.8. The van der Waals surface area contributed by atoms with Crippen molar-refractivity contribution >= 4 is 5.91 Å². The average Bonchev–Trinajstić information content (AvgIpc) is 2.58. The number of aliphatic hydroxyl groups excluding tert-OH is 1. The van der Waals surface area contributed by atoms with E-state index in [4.69, 9.17) is 9.47 Å². The Kier molecular flexibility index (Phi) is 6.41. The van der Waals surface area contributed by atoms with Crippen LogP contribution in [-0.4, -0.2) is 56.1 Å². The standard InChI is InChI=1S/C15H19F3N2O4/c16-15(17,18)10-2-1-3-12(6-10)24-8-11(21)7-20-14(22)13-9-23-5-4-19-13/h1-3,6,11,13,19,21H,4-5,7-9H2,(H,20,22). The van der Waals surface area contributed by atoms with E-state index >= 15 is 0 Å². The van der Waals surface area contributed by atoms with Crippen LogP contribution in [0.2, 0.25) is 0 Å². The van der Waals surface area contributed by atoms with Gasteiger partial charge in [-0.15, -0.1) is 0 Å². The third kappa shape index (κ3) is 5.66. The topological polar surface area (TPSA) is 79.8 Å². The zero-order chi connectivity index (χ0) is 17.6. The second kappa shape index (κ2) is 8.32. The predicted octanol–water partition coefficient (Wildman–Crippen LogP) is 0.550. The second-order valence-electron chi connectivity index (χ2n) is 5.32. The minimum Gasteiger partial charge on any atom is -0.491 e. The summed E-state index contributed by atoms with van der Waals surface area (Å²) in [5.74, 6) is -0.314. The van der Waals surface area contributed by atoms with Gasteiger partial charge in [0.25, 0.3) is 0 Å². The Labute approximate surface area is 136 Å². The molecule has 2 unspecified atom stereocenters. The first-order valence-corrected chi connectivity index (χ1v) is 7.43. The molecule has 0 radical (unpaired) electrons. The molecule has 1 aromatic carbocycles. The first kappa shape index (κ1) is 18.5. The van der Waals surface area contributed by atoms with E-state index in [0.717, 1.165) is 12.1 Å². The van der Waals surface area contributed by atoms with Crippen LogP contribution in [0, 0.1) is 0 Å². The Hall–Kier alpha value is -1.84. The molecular weight excluding hydrogens is 329 g/mol. The van der Waals surface area contributed by atoms with Crippen LogP contribution in [0.3, 0.4) is 0 Å². The Morgan fingerprint density at radius 1 is 1.50 bits per heavy atom.